The van der Waals surface area contributed by atoms with Crippen molar-refractivity contribution in [3.8, 4) is 0 Å². The summed E-state index contributed by atoms with van der Waals surface area (Å²) in [6, 6.07) is 0. The van der Waals surface area contributed by atoms with E-state index in [4.69, 9.17) is 53.3 Å². The van der Waals surface area contributed by atoms with Crippen molar-refractivity contribution < 1.29 is 75.0 Å². The summed E-state index contributed by atoms with van der Waals surface area (Å²) in [5.41, 5.74) is 0. The van der Waals surface area contributed by atoms with Crippen molar-refractivity contribution in [2.45, 2.75) is 0 Å². The molecule has 0 aromatic carbocycles. The molecule has 0 spiro atoms. The monoisotopic (exact) mass is 368 g/mol. The third-order valence-electron chi connectivity index (χ3n) is 0. The van der Waals surface area contributed by atoms with Gasteiger partial charge in [0.15, 0.2) is 0 Å². The zero-order chi connectivity index (χ0) is 14.3. The fourth-order valence-corrected chi connectivity index (χ4v) is 0. The van der Waals surface area contributed by atoms with Crippen LogP contribution in [0.2, 0.25) is 0 Å². The normalized spacial score (nSPS) is 8.24. The van der Waals surface area contributed by atoms with E-state index in [0.29, 0.717) is 0 Å². The zero-order valence-corrected chi connectivity index (χ0v) is 11.9. The molecule has 17 heavy (non-hydrogen) atoms. The van der Waals surface area contributed by atoms with E-state index in [0.717, 1.165) is 0 Å². The molecular formula is O12S4Ti-4. The molecule has 0 aliphatic heterocycles. The Kier molecular flexibility index (Phi) is 46.6. The van der Waals surface area contributed by atoms with Gasteiger partial charge in [0.2, 0.25) is 0 Å². The first-order valence-electron chi connectivity index (χ1n) is 2.00. The number of hydrogen-bond acceptors (Lipinski definition) is 12. The van der Waals surface area contributed by atoms with E-state index in [9.17, 15) is 0 Å². The molecule has 0 saturated heterocycles. The second kappa shape index (κ2) is 25.7. The second-order valence-corrected chi connectivity index (χ2v) is 2.45. The zero-order valence-electron chi connectivity index (χ0n) is 7.03. The maximum atomic E-state index is 8.44. The van der Waals surface area contributed by atoms with Gasteiger partial charge < -0.3 is 36.4 Å². The van der Waals surface area contributed by atoms with E-state index < -0.39 is 45.4 Å². The Morgan fingerprint density at radius 3 is 0.412 bits per heavy atom. The summed E-state index contributed by atoms with van der Waals surface area (Å²) >= 11 is -12.4. The van der Waals surface area contributed by atoms with E-state index in [2.05, 4.69) is 0 Å². The SMILES string of the molecule is O=S([O-])[O-].O=S([O-])[O-].O=S([O-])[O-].O=S([O-])[O-].[Ti+4]. The van der Waals surface area contributed by atoms with Crippen LogP contribution in [0.5, 0.6) is 0 Å². The van der Waals surface area contributed by atoms with Gasteiger partial charge in [-0.3, -0.25) is 16.8 Å². The average molecular weight is 368 g/mol. The first kappa shape index (κ1) is 30.8. The predicted octanol–water partition coefficient (Wildman–Crippen LogP) is -4.02. The molecule has 0 atom stereocenters. The summed E-state index contributed by atoms with van der Waals surface area (Å²) in [6.07, 6.45) is 0. The topological polar surface area (TPSA) is 253 Å². The van der Waals surface area contributed by atoms with Crippen LogP contribution in [0.3, 0.4) is 0 Å². The largest absolute Gasteiger partial charge is 4.00 e. The van der Waals surface area contributed by atoms with Gasteiger partial charge in [-0.1, -0.05) is 0 Å². The van der Waals surface area contributed by atoms with Crippen molar-refractivity contribution in [1.82, 2.24) is 0 Å². The van der Waals surface area contributed by atoms with Gasteiger partial charge in [-0.15, -0.1) is 45.4 Å². The Morgan fingerprint density at radius 1 is 0.412 bits per heavy atom. The molecule has 0 N–H and O–H groups in total. The third-order valence-corrected chi connectivity index (χ3v) is 0. The van der Waals surface area contributed by atoms with Crippen LogP contribution in [0.1, 0.15) is 0 Å². The average Bonchev–Trinajstić information content (AvgIpc) is 1.76. The summed E-state index contributed by atoms with van der Waals surface area (Å²) in [5.74, 6) is 0. The van der Waals surface area contributed by atoms with Crippen molar-refractivity contribution in [2.24, 2.45) is 0 Å². The van der Waals surface area contributed by atoms with Crippen LogP contribution in [-0.4, -0.2) is 53.3 Å². The first-order valence-corrected chi connectivity index (χ1v) is 6.00. The van der Waals surface area contributed by atoms with Crippen LogP contribution in [-0.2, 0) is 67.2 Å². The van der Waals surface area contributed by atoms with Crippen molar-refractivity contribution in [3.05, 3.63) is 0 Å². The van der Waals surface area contributed by atoms with E-state index in [1.807, 2.05) is 0 Å². The van der Waals surface area contributed by atoms with Crippen LogP contribution in [0.25, 0.3) is 0 Å². The Morgan fingerprint density at radius 2 is 0.412 bits per heavy atom. The van der Waals surface area contributed by atoms with E-state index >= 15 is 0 Å². The second-order valence-electron chi connectivity index (χ2n) is 0.816. The molecule has 12 nitrogen and oxygen atoms in total. The van der Waals surface area contributed by atoms with Crippen molar-refractivity contribution in [2.75, 3.05) is 0 Å². The molecule has 0 saturated carbocycles. The van der Waals surface area contributed by atoms with Gasteiger partial charge in [0.25, 0.3) is 0 Å². The molecular weight excluding hydrogens is 368 g/mol. The van der Waals surface area contributed by atoms with Crippen molar-refractivity contribution in [1.29, 1.82) is 0 Å². The van der Waals surface area contributed by atoms with E-state index in [1.54, 1.807) is 0 Å². The molecule has 0 unspecified atom stereocenters. The van der Waals surface area contributed by atoms with Crippen LogP contribution < -0.4 is 0 Å². The molecule has 0 aromatic heterocycles. The van der Waals surface area contributed by atoms with Crippen LogP contribution >= 0.6 is 0 Å². The molecule has 0 aliphatic carbocycles. The minimum Gasteiger partial charge on any atom is -0.784 e. The molecule has 0 radical (unpaired) electrons. The molecule has 0 heterocycles. The van der Waals surface area contributed by atoms with Crippen molar-refractivity contribution >= 4 is 45.4 Å². The number of rotatable bonds is 0. The van der Waals surface area contributed by atoms with Gasteiger partial charge in [-0.25, -0.2) is 0 Å². The first-order chi connectivity index (χ1) is 6.93. The Bertz CT molecular complexity index is 159. The van der Waals surface area contributed by atoms with Gasteiger partial charge in [-0.2, -0.15) is 0 Å². The van der Waals surface area contributed by atoms with Crippen LogP contribution in [0.15, 0.2) is 0 Å². The Labute approximate surface area is 120 Å². The van der Waals surface area contributed by atoms with Gasteiger partial charge >= 0.3 is 21.7 Å². The fraction of sp³-hybridized carbons (Fsp3) is 0. The molecule has 0 aliphatic rings. The van der Waals surface area contributed by atoms with Gasteiger partial charge in [0.05, 0.1) is 0 Å². The Balaban J connectivity index is -0.0000000369. The molecule has 17 heteroatoms. The maximum absolute atomic E-state index is 8.44. The molecule has 104 valence electrons. The predicted molar refractivity (Wildman–Crippen MR) is 38.8 cm³/mol. The van der Waals surface area contributed by atoms with Gasteiger partial charge in [-0.05, 0) is 0 Å². The molecule has 0 amide bonds. The summed E-state index contributed by atoms with van der Waals surface area (Å²) in [5, 5.41) is 0. The Hall–Kier alpha value is 0.994. The standard InChI is InChI=1S/4H2O3S.Ti/c4*1-4(2)3;/h4*(H2,1,2,3);/q;;;;+4/p-8. The fourth-order valence-electron chi connectivity index (χ4n) is 0. The molecule has 0 bridgehead atoms. The summed E-state index contributed by atoms with van der Waals surface area (Å²) in [6.45, 7) is 0. The van der Waals surface area contributed by atoms with Gasteiger partial charge in [0, 0.05) is 0 Å². The number of hydrogen-bond donors (Lipinski definition) is 0. The van der Waals surface area contributed by atoms with E-state index in [-0.39, 0.29) is 21.7 Å². The third kappa shape index (κ3) is 3860. The summed E-state index contributed by atoms with van der Waals surface area (Å²) in [4.78, 5) is 0. The summed E-state index contributed by atoms with van der Waals surface area (Å²) in [7, 11) is 0. The molecule has 0 rings (SSSR count). The van der Waals surface area contributed by atoms with Crippen molar-refractivity contribution in [3.63, 3.8) is 0 Å². The quantitative estimate of drug-likeness (QED) is 0.292. The minimum atomic E-state index is -3.11. The summed E-state index contributed by atoms with van der Waals surface area (Å²) < 4.78 is 101. The van der Waals surface area contributed by atoms with Gasteiger partial charge in [0.1, 0.15) is 0 Å². The molecule has 0 fully saturated rings. The smallest absolute Gasteiger partial charge is 0.784 e. The molecule has 0 aromatic rings. The maximum Gasteiger partial charge on any atom is 4.00 e. The van der Waals surface area contributed by atoms with Crippen LogP contribution in [0.4, 0.5) is 0 Å². The van der Waals surface area contributed by atoms with Crippen LogP contribution in [0, 0.1) is 0 Å². The minimum absolute atomic E-state index is 0. The van der Waals surface area contributed by atoms with E-state index in [1.165, 1.54) is 0 Å².